The van der Waals surface area contributed by atoms with Crippen LogP contribution in [0.1, 0.15) is 55.5 Å². The molecule has 1 fully saturated rings. The molecule has 0 amide bonds. The zero-order valence-electron chi connectivity index (χ0n) is 10.8. The molecule has 1 aliphatic rings. The van der Waals surface area contributed by atoms with Crippen LogP contribution in [0.25, 0.3) is 0 Å². The van der Waals surface area contributed by atoms with Gasteiger partial charge in [-0.1, -0.05) is 13.3 Å². The lowest BCUT2D eigenvalue weighted by atomic mass is 9.91. The summed E-state index contributed by atoms with van der Waals surface area (Å²) in [6, 6.07) is 1.31. The third-order valence-electron chi connectivity index (χ3n) is 3.49. The van der Waals surface area contributed by atoms with Gasteiger partial charge < -0.3 is 11.1 Å². The highest BCUT2D eigenvalue weighted by Gasteiger charge is 2.21. The Hall–Kier alpha value is -0.450. The number of thiazole rings is 1. The lowest BCUT2D eigenvalue weighted by Gasteiger charge is -2.29. The molecule has 96 valence electrons. The predicted octanol–water partition coefficient (Wildman–Crippen LogP) is 2.63. The van der Waals surface area contributed by atoms with Gasteiger partial charge in [0, 0.05) is 23.2 Å². The van der Waals surface area contributed by atoms with E-state index in [1.54, 1.807) is 0 Å². The molecule has 1 saturated carbocycles. The van der Waals surface area contributed by atoms with Crippen LogP contribution in [0, 0.1) is 0 Å². The third kappa shape index (κ3) is 3.50. The first-order chi connectivity index (χ1) is 8.19. The highest BCUT2D eigenvalue weighted by atomic mass is 32.1. The van der Waals surface area contributed by atoms with E-state index in [1.807, 2.05) is 17.5 Å². The summed E-state index contributed by atoms with van der Waals surface area (Å²) in [4.78, 5) is 5.87. The van der Waals surface area contributed by atoms with Crippen molar-refractivity contribution >= 4 is 11.3 Å². The van der Waals surface area contributed by atoms with Gasteiger partial charge >= 0.3 is 0 Å². The topological polar surface area (TPSA) is 50.9 Å². The Bertz CT molecular complexity index is 350. The number of nitrogens with zero attached hydrogens (tertiary/aromatic N) is 1. The van der Waals surface area contributed by atoms with E-state index in [1.165, 1.54) is 29.1 Å². The smallest absolute Gasteiger partial charge is 0.109 e. The van der Waals surface area contributed by atoms with Crippen molar-refractivity contribution in [3.05, 3.63) is 16.1 Å². The van der Waals surface area contributed by atoms with Crippen molar-refractivity contribution in [1.82, 2.24) is 10.3 Å². The minimum atomic E-state index is 0.357. The van der Waals surface area contributed by atoms with Gasteiger partial charge in [-0.05, 0) is 32.6 Å². The zero-order valence-corrected chi connectivity index (χ0v) is 11.6. The summed E-state index contributed by atoms with van der Waals surface area (Å²) in [5.74, 6) is 0. The highest BCUT2D eigenvalue weighted by molar-refractivity contribution is 7.11. The fraction of sp³-hybridized carbons (Fsp3) is 0.769. The van der Waals surface area contributed by atoms with Crippen LogP contribution in [0.4, 0.5) is 0 Å². The Kier molecular flexibility index (Phi) is 4.54. The van der Waals surface area contributed by atoms with Gasteiger partial charge in [0.1, 0.15) is 5.01 Å². The van der Waals surface area contributed by atoms with Crippen LogP contribution >= 0.6 is 11.3 Å². The Morgan fingerprint density at radius 1 is 1.59 bits per heavy atom. The van der Waals surface area contributed by atoms with Gasteiger partial charge in [-0.2, -0.15) is 0 Å². The normalized spacial score (nSPS) is 27.0. The van der Waals surface area contributed by atoms with Gasteiger partial charge in [-0.15, -0.1) is 11.3 Å². The second-order valence-electron chi connectivity index (χ2n) is 5.03. The van der Waals surface area contributed by atoms with Gasteiger partial charge in [-0.25, -0.2) is 4.98 Å². The minimum Gasteiger partial charge on any atom is -0.328 e. The quantitative estimate of drug-likeness (QED) is 0.867. The minimum absolute atomic E-state index is 0.357. The molecule has 1 aromatic heterocycles. The maximum atomic E-state index is 6.01. The zero-order chi connectivity index (χ0) is 12.3. The van der Waals surface area contributed by atoms with Gasteiger partial charge in [0.05, 0.1) is 6.04 Å². The lowest BCUT2D eigenvalue weighted by molar-refractivity contribution is 0.318. The average Bonchev–Trinajstić information content (AvgIpc) is 2.77. The number of aromatic nitrogens is 1. The first-order valence-electron chi connectivity index (χ1n) is 6.65. The lowest BCUT2D eigenvalue weighted by Crippen LogP contribution is -2.40. The molecule has 3 atom stereocenters. The molecule has 0 saturated heterocycles. The number of aryl methyl sites for hydroxylation is 1. The highest BCUT2D eigenvalue weighted by Crippen LogP contribution is 2.24. The Morgan fingerprint density at radius 3 is 3.06 bits per heavy atom. The maximum absolute atomic E-state index is 6.01. The third-order valence-corrected chi connectivity index (χ3v) is 4.82. The van der Waals surface area contributed by atoms with Crippen molar-refractivity contribution in [2.45, 2.75) is 64.1 Å². The second kappa shape index (κ2) is 5.94. The van der Waals surface area contributed by atoms with Crippen LogP contribution in [0.5, 0.6) is 0 Å². The van der Waals surface area contributed by atoms with Gasteiger partial charge in [-0.3, -0.25) is 0 Å². The Morgan fingerprint density at radius 2 is 2.41 bits per heavy atom. The molecule has 1 aromatic rings. The standard InChI is InChI=1S/C13H23N3S/c1-3-12-8-15-13(17-12)9(2)16-11-6-4-5-10(14)7-11/h8-11,16H,3-7,14H2,1-2H3. The SMILES string of the molecule is CCc1cnc(C(C)NC2CCCC(N)C2)s1. The summed E-state index contributed by atoms with van der Waals surface area (Å²) in [6.45, 7) is 4.38. The molecule has 4 heteroatoms. The molecule has 0 aromatic carbocycles. The van der Waals surface area contributed by atoms with Crippen molar-refractivity contribution in [1.29, 1.82) is 0 Å². The fourth-order valence-electron chi connectivity index (χ4n) is 2.49. The molecule has 0 bridgehead atoms. The van der Waals surface area contributed by atoms with E-state index in [4.69, 9.17) is 5.73 Å². The molecular formula is C13H23N3S. The Labute approximate surface area is 108 Å². The first-order valence-corrected chi connectivity index (χ1v) is 7.47. The monoisotopic (exact) mass is 253 g/mol. The van der Waals surface area contributed by atoms with Crippen LogP contribution in [0.3, 0.4) is 0 Å². The van der Waals surface area contributed by atoms with E-state index in [0.717, 1.165) is 12.8 Å². The Balaban J connectivity index is 1.89. The number of nitrogens with one attached hydrogen (secondary N) is 1. The molecule has 3 nitrogen and oxygen atoms in total. The van der Waals surface area contributed by atoms with E-state index >= 15 is 0 Å². The summed E-state index contributed by atoms with van der Waals surface area (Å²) in [5.41, 5.74) is 6.01. The molecule has 3 N–H and O–H groups in total. The van der Waals surface area contributed by atoms with Crippen molar-refractivity contribution in [3.8, 4) is 0 Å². The molecule has 0 radical (unpaired) electrons. The molecule has 0 aliphatic heterocycles. The summed E-state index contributed by atoms with van der Waals surface area (Å²) < 4.78 is 0. The molecule has 1 aliphatic carbocycles. The van der Waals surface area contributed by atoms with Crippen molar-refractivity contribution in [3.63, 3.8) is 0 Å². The van der Waals surface area contributed by atoms with E-state index in [9.17, 15) is 0 Å². The van der Waals surface area contributed by atoms with Gasteiger partial charge in [0.25, 0.3) is 0 Å². The fourth-order valence-corrected chi connectivity index (χ4v) is 3.36. The molecule has 1 heterocycles. The number of nitrogens with two attached hydrogens (primary N) is 1. The van der Waals surface area contributed by atoms with E-state index < -0.39 is 0 Å². The van der Waals surface area contributed by atoms with Crippen molar-refractivity contribution < 1.29 is 0 Å². The van der Waals surface area contributed by atoms with Crippen molar-refractivity contribution in [2.75, 3.05) is 0 Å². The summed E-state index contributed by atoms with van der Waals surface area (Å²) in [6.07, 6.45) is 7.89. The van der Waals surface area contributed by atoms with Crippen LogP contribution in [0.2, 0.25) is 0 Å². The summed E-state index contributed by atoms with van der Waals surface area (Å²) >= 11 is 1.83. The van der Waals surface area contributed by atoms with Gasteiger partial charge in [0.2, 0.25) is 0 Å². The summed E-state index contributed by atoms with van der Waals surface area (Å²) in [5, 5.41) is 4.88. The first kappa shape index (κ1) is 13.0. The number of hydrogen-bond acceptors (Lipinski definition) is 4. The van der Waals surface area contributed by atoms with Crippen LogP contribution in [-0.4, -0.2) is 17.1 Å². The van der Waals surface area contributed by atoms with Crippen LogP contribution in [-0.2, 0) is 6.42 Å². The van der Waals surface area contributed by atoms with E-state index in [0.29, 0.717) is 18.1 Å². The van der Waals surface area contributed by atoms with Gasteiger partial charge in [0.15, 0.2) is 0 Å². The van der Waals surface area contributed by atoms with Crippen LogP contribution < -0.4 is 11.1 Å². The van der Waals surface area contributed by atoms with E-state index in [2.05, 4.69) is 24.1 Å². The number of rotatable bonds is 4. The molecule has 3 unspecified atom stereocenters. The largest absolute Gasteiger partial charge is 0.328 e. The summed E-state index contributed by atoms with van der Waals surface area (Å²) in [7, 11) is 0. The van der Waals surface area contributed by atoms with E-state index in [-0.39, 0.29) is 0 Å². The molecule has 2 rings (SSSR count). The average molecular weight is 253 g/mol. The van der Waals surface area contributed by atoms with Crippen molar-refractivity contribution in [2.24, 2.45) is 5.73 Å². The maximum Gasteiger partial charge on any atom is 0.109 e. The molecule has 17 heavy (non-hydrogen) atoms. The molecular weight excluding hydrogens is 230 g/mol. The number of hydrogen-bond donors (Lipinski definition) is 2. The second-order valence-corrected chi connectivity index (χ2v) is 6.18. The molecule has 0 spiro atoms. The predicted molar refractivity (Wildman–Crippen MR) is 73.3 cm³/mol. The van der Waals surface area contributed by atoms with Crippen LogP contribution in [0.15, 0.2) is 6.20 Å².